The van der Waals surface area contributed by atoms with Gasteiger partial charge in [-0.2, -0.15) is 0 Å². The molecular weight excluding hydrogens is 418 g/mol. The minimum atomic E-state index is -0.207. The Balaban J connectivity index is 1.55. The van der Waals surface area contributed by atoms with Crippen LogP contribution >= 0.6 is 0 Å². The first-order valence-electron chi connectivity index (χ1n) is 11.0. The van der Waals surface area contributed by atoms with Gasteiger partial charge >= 0.3 is 0 Å². The number of methoxy groups -OCH3 is 1. The van der Waals surface area contributed by atoms with Gasteiger partial charge < -0.3 is 19.8 Å². The maximum absolute atomic E-state index is 12.7. The van der Waals surface area contributed by atoms with Crippen molar-refractivity contribution in [2.75, 3.05) is 25.6 Å². The first kappa shape index (κ1) is 21.1. The molecule has 1 aliphatic heterocycles. The summed E-state index contributed by atoms with van der Waals surface area (Å²) in [7, 11) is 1.54. The van der Waals surface area contributed by atoms with Gasteiger partial charge in [0.2, 0.25) is 5.88 Å². The fraction of sp³-hybridized carbons (Fsp3) is 0.280. The molecular formula is C25H25N5O3. The molecule has 5 rings (SSSR count). The Morgan fingerprint density at radius 1 is 1.09 bits per heavy atom. The van der Waals surface area contributed by atoms with Gasteiger partial charge in [-0.1, -0.05) is 6.07 Å². The molecule has 2 N–H and O–H groups in total. The zero-order valence-electron chi connectivity index (χ0n) is 18.6. The molecule has 0 amide bonds. The number of anilines is 2. The minimum absolute atomic E-state index is 0.207. The Morgan fingerprint density at radius 3 is 2.73 bits per heavy atom. The van der Waals surface area contributed by atoms with Gasteiger partial charge in [0, 0.05) is 25.1 Å². The summed E-state index contributed by atoms with van der Waals surface area (Å²) in [6.07, 6.45) is 6.87. The number of pyridine rings is 2. The van der Waals surface area contributed by atoms with Crippen LogP contribution in [-0.4, -0.2) is 40.3 Å². The number of rotatable bonds is 5. The first-order chi connectivity index (χ1) is 16.1. The number of fused-ring (bicyclic) bond motifs is 1. The Bertz CT molecular complexity index is 1360. The van der Waals surface area contributed by atoms with Crippen molar-refractivity contribution in [3.05, 3.63) is 70.4 Å². The predicted octanol–water partition coefficient (Wildman–Crippen LogP) is 4.33. The Morgan fingerprint density at radius 2 is 1.94 bits per heavy atom. The summed E-state index contributed by atoms with van der Waals surface area (Å²) in [5, 5.41) is 4.61. The van der Waals surface area contributed by atoms with E-state index in [1.54, 1.807) is 19.5 Å². The molecule has 0 saturated carbocycles. The summed E-state index contributed by atoms with van der Waals surface area (Å²) in [5.41, 5.74) is 4.37. The molecule has 0 unspecified atom stereocenters. The Hall–Kier alpha value is -3.78. The van der Waals surface area contributed by atoms with E-state index in [4.69, 9.17) is 14.5 Å². The quantitative estimate of drug-likeness (QED) is 0.473. The lowest BCUT2D eigenvalue weighted by Gasteiger charge is -2.24. The molecule has 0 radical (unpaired) electrons. The summed E-state index contributed by atoms with van der Waals surface area (Å²) < 4.78 is 10.7. The van der Waals surface area contributed by atoms with Gasteiger partial charge in [0.1, 0.15) is 11.5 Å². The average molecular weight is 444 g/mol. The Kier molecular flexibility index (Phi) is 5.75. The third kappa shape index (κ3) is 4.29. The van der Waals surface area contributed by atoms with E-state index in [1.165, 1.54) is 17.3 Å². The van der Waals surface area contributed by atoms with E-state index in [0.717, 1.165) is 37.1 Å². The molecule has 1 saturated heterocycles. The van der Waals surface area contributed by atoms with E-state index in [1.807, 2.05) is 18.2 Å². The monoisotopic (exact) mass is 443 g/mol. The zero-order valence-corrected chi connectivity index (χ0v) is 18.6. The van der Waals surface area contributed by atoms with E-state index in [0.29, 0.717) is 34.4 Å². The van der Waals surface area contributed by atoms with Crippen molar-refractivity contribution < 1.29 is 9.47 Å². The smallest absolute Gasteiger partial charge is 0.259 e. The number of hydrogen-bond acceptors (Lipinski definition) is 7. The van der Waals surface area contributed by atoms with Crippen LogP contribution < -0.4 is 15.6 Å². The summed E-state index contributed by atoms with van der Waals surface area (Å²) in [6, 6.07) is 9.99. The molecule has 33 heavy (non-hydrogen) atoms. The predicted molar refractivity (Wildman–Crippen MR) is 127 cm³/mol. The highest BCUT2D eigenvalue weighted by Gasteiger charge is 2.18. The molecule has 0 atom stereocenters. The molecule has 1 aliphatic rings. The third-order valence-electron chi connectivity index (χ3n) is 6.03. The highest BCUT2D eigenvalue weighted by molar-refractivity contribution is 5.94. The van der Waals surface area contributed by atoms with E-state index in [9.17, 15) is 4.79 Å². The van der Waals surface area contributed by atoms with Crippen molar-refractivity contribution in [3.63, 3.8) is 0 Å². The summed E-state index contributed by atoms with van der Waals surface area (Å²) in [4.78, 5) is 28.8. The molecule has 4 heterocycles. The summed E-state index contributed by atoms with van der Waals surface area (Å²) in [5.74, 6) is 1.38. The van der Waals surface area contributed by atoms with Crippen molar-refractivity contribution >= 4 is 22.3 Å². The number of aromatic amines is 1. The van der Waals surface area contributed by atoms with Crippen LogP contribution in [0.4, 0.5) is 11.5 Å². The Labute approximate surface area is 191 Å². The number of nitrogens with one attached hydrogen (secondary N) is 2. The molecule has 0 bridgehead atoms. The van der Waals surface area contributed by atoms with E-state index >= 15 is 0 Å². The molecule has 0 aliphatic carbocycles. The summed E-state index contributed by atoms with van der Waals surface area (Å²) in [6.45, 7) is 3.74. The van der Waals surface area contributed by atoms with Crippen molar-refractivity contribution in [2.45, 2.75) is 25.7 Å². The van der Waals surface area contributed by atoms with Crippen molar-refractivity contribution in [2.24, 2.45) is 0 Å². The third-order valence-corrected chi connectivity index (χ3v) is 6.03. The van der Waals surface area contributed by atoms with Gasteiger partial charge in [-0.25, -0.2) is 9.97 Å². The minimum Gasteiger partial charge on any atom is -0.480 e. The van der Waals surface area contributed by atoms with E-state index in [2.05, 4.69) is 39.3 Å². The molecule has 3 aromatic heterocycles. The SMILES string of the molecule is COc1cncc(-c2cc3cc[nH]c(=O)c3c(Nc3ccc(C4CCOCC4)c(C)c3)n2)n1. The number of aromatic nitrogens is 4. The van der Waals surface area contributed by atoms with Crippen LogP contribution in [0.25, 0.3) is 22.2 Å². The maximum atomic E-state index is 12.7. The van der Waals surface area contributed by atoms with Gasteiger partial charge in [0.25, 0.3) is 5.56 Å². The van der Waals surface area contributed by atoms with Crippen LogP contribution in [-0.2, 0) is 4.74 Å². The van der Waals surface area contributed by atoms with Crippen LogP contribution in [0.3, 0.4) is 0 Å². The normalized spacial score (nSPS) is 14.4. The highest BCUT2D eigenvalue weighted by Crippen LogP contribution is 2.32. The molecule has 8 nitrogen and oxygen atoms in total. The van der Waals surface area contributed by atoms with Crippen LogP contribution in [0, 0.1) is 6.92 Å². The van der Waals surface area contributed by atoms with Crippen LogP contribution in [0.5, 0.6) is 5.88 Å². The van der Waals surface area contributed by atoms with Crippen molar-refractivity contribution in [1.29, 1.82) is 0 Å². The molecule has 4 aromatic rings. The largest absolute Gasteiger partial charge is 0.480 e. The lowest BCUT2D eigenvalue weighted by molar-refractivity contribution is 0.0852. The summed E-state index contributed by atoms with van der Waals surface area (Å²) >= 11 is 0. The van der Waals surface area contributed by atoms with Crippen molar-refractivity contribution in [3.8, 4) is 17.3 Å². The van der Waals surface area contributed by atoms with E-state index < -0.39 is 0 Å². The molecule has 1 aromatic carbocycles. The number of nitrogens with zero attached hydrogens (tertiary/aromatic N) is 3. The van der Waals surface area contributed by atoms with E-state index in [-0.39, 0.29) is 5.56 Å². The second-order valence-corrected chi connectivity index (χ2v) is 8.16. The lowest BCUT2D eigenvalue weighted by Crippen LogP contribution is -2.15. The van der Waals surface area contributed by atoms with Gasteiger partial charge in [0.15, 0.2) is 0 Å². The average Bonchev–Trinajstić information content (AvgIpc) is 2.84. The number of H-pyrrole nitrogens is 1. The van der Waals surface area contributed by atoms with Gasteiger partial charge in [-0.15, -0.1) is 0 Å². The number of hydrogen-bond donors (Lipinski definition) is 2. The van der Waals surface area contributed by atoms with Gasteiger partial charge in [0.05, 0.1) is 30.6 Å². The number of benzene rings is 1. The molecule has 0 spiro atoms. The highest BCUT2D eigenvalue weighted by atomic mass is 16.5. The molecule has 168 valence electrons. The topological polar surface area (TPSA) is 102 Å². The van der Waals surface area contributed by atoms with Crippen LogP contribution in [0.15, 0.2) is 53.7 Å². The fourth-order valence-corrected chi connectivity index (χ4v) is 4.36. The standard InChI is InChI=1S/C25H25N5O3/c1-15-11-18(3-4-19(15)16-6-9-33-10-7-16)28-24-23-17(5-8-27-25(23)31)12-20(30-24)21-13-26-14-22(29-21)32-2/h3-5,8,11-14,16H,6-7,9-10H2,1-2H3,(H,27,31)(H,28,30). The first-order valence-corrected chi connectivity index (χ1v) is 11.0. The van der Waals surface area contributed by atoms with Crippen LogP contribution in [0.2, 0.25) is 0 Å². The lowest BCUT2D eigenvalue weighted by atomic mass is 9.88. The van der Waals surface area contributed by atoms with Crippen LogP contribution in [0.1, 0.15) is 29.9 Å². The number of aryl methyl sites for hydroxylation is 1. The van der Waals surface area contributed by atoms with Gasteiger partial charge in [-0.3, -0.25) is 9.78 Å². The number of ether oxygens (including phenoxy) is 2. The maximum Gasteiger partial charge on any atom is 0.259 e. The fourth-order valence-electron chi connectivity index (χ4n) is 4.36. The molecule has 8 heteroatoms. The second kappa shape index (κ2) is 8.99. The molecule has 1 fully saturated rings. The second-order valence-electron chi connectivity index (χ2n) is 8.16. The van der Waals surface area contributed by atoms with Gasteiger partial charge in [-0.05, 0) is 66.5 Å². The zero-order chi connectivity index (χ0) is 22.8. The van der Waals surface area contributed by atoms with Crippen molar-refractivity contribution in [1.82, 2.24) is 19.9 Å².